The Balaban J connectivity index is 0.000000160. The van der Waals surface area contributed by atoms with Crippen molar-refractivity contribution < 1.29 is 60.2 Å². The monoisotopic (exact) mass is 1340 g/mol. The van der Waals surface area contributed by atoms with Crippen molar-refractivity contribution in [3.05, 3.63) is 315 Å². The van der Waals surface area contributed by atoms with Gasteiger partial charge in [0, 0.05) is 86.9 Å². The van der Waals surface area contributed by atoms with Crippen LogP contribution in [0.3, 0.4) is 0 Å². The van der Waals surface area contributed by atoms with E-state index >= 15 is 0 Å². The van der Waals surface area contributed by atoms with Crippen LogP contribution in [-0.2, 0) is 0 Å². The lowest BCUT2D eigenvalue weighted by Crippen LogP contribution is -2.06. The molecule has 0 spiro atoms. The predicted molar refractivity (Wildman–Crippen MR) is 410 cm³/mol. The van der Waals surface area contributed by atoms with Crippen LogP contribution in [0, 0.1) is 0 Å². The van der Waals surface area contributed by atoms with Crippen molar-refractivity contribution in [2.24, 2.45) is 0 Å². The Kier molecular flexibility index (Phi) is 7.67. The number of fused-ring (bicyclic) bond motifs is 20. The summed E-state index contributed by atoms with van der Waals surface area (Å²) in [6, 6.07) is 18.8. The van der Waals surface area contributed by atoms with E-state index < -0.39 is 210 Å². The number of benzene rings is 14. The Morgan fingerprint density at radius 3 is 1.32 bits per heavy atom. The molecule has 0 unspecified atom stereocenters. The number of para-hydroxylation sites is 4. The van der Waals surface area contributed by atoms with Crippen LogP contribution in [0.4, 0.5) is 0 Å². The minimum Gasteiger partial charge on any atom is -0.456 e. The smallest absolute Gasteiger partial charge is 0.238 e. The molecule has 0 fully saturated rings. The highest BCUT2D eigenvalue weighted by Gasteiger charge is 2.26. The number of nitrogens with zero attached hydrogens (tertiary/aromatic N) is 8. The number of hydrogen-bond donors (Lipinski definition) is 0. The molecule has 0 aliphatic carbocycles. The fourth-order valence-electron chi connectivity index (χ4n) is 13.2. The fraction of sp³-hybridized carbons (Fsp3) is 0. The third-order valence-electron chi connectivity index (χ3n) is 17.6. The molecule has 102 heavy (non-hydrogen) atoms. The Morgan fingerprint density at radius 1 is 0.235 bits per heavy atom. The molecule has 0 bridgehead atoms. The third kappa shape index (κ3) is 9.03. The summed E-state index contributed by atoms with van der Waals surface area (Å²) in [4.78, 5) is 28.2. The molecule has 0 saturated carbocycles. The summed E-state index contributed by atoms with van der Waals surface area (Å²) < 4.78 is 302. The first-order valence-electron chi connectivity index (χ1n) is 46.9. The number of hydrogen-bond acceptors (Lipinski definition) is 10. The highest BCUT2D eigenvalue weighted by molar-refractivity contribution is 6.29. The quantitative estimate of drug-likeness (QED) is 0.144. The first kappa shape index (κ1) is 34.4. The van der Waals surface area contributed by atoms with Gasteiger partial charge in [-0.3, -0.25) is 9.13 Å². The van der Waals surface area contributed by atoms with Gasteiger partial charge in [-0.05, 0) is 107 Å². The van der Waals surface area contributed by atoms with Crippen LogP contribution >= 0.6 is 0 Å². The van der Waals surface area contributed by atoms with Crippen molar-refractivity contribution in [3.8, 4) is 79.7 Å². The van der Waals surface area contributed by atoms with E-state index in [1.165, 1.54) is 0 Å². The van der Waals surface area contributed by atoms with Gasteiger partial charge in [0.25, 0.3) is 0 Å². The molecule has 476 valence electrons. The summed E-state index contributed by atoms with van der Waals surface area (Å²) in [7, 11) is 0. The van der Waals surface area contributed by atoms with E-state index in [0.717, 1.165) is 31.0 Å². The van der Waals surface area contributed by atoms with Crippen molar-refractivity contribution in [1.29, 1.82) is 0 Å². The Labute approximate surface area is 623 Å². The van der Waals surface area contributed by atoms with Crippen molar-refractivity contribution in [3.63, 3.8) is 0 Å². The average Bonchev–Trinajstić information content (AvgIpc) is 1.52. The lowest BCUT2D eigenvalue weighted by atomic mass is 9.99. The number of aromatic nitrogens is 8. The van der Waals surface area contributed by atoms with Crippen LogP contribution in [0.2, 0.25) is 0 Å². The zero-order valence-electron chi connectivity index (χ0n) is 82.8. The zero-order valence-corrected chi connectivity index (χ0v) is 51.8. The van der Waals surface area contributed by atoms with Gasteiger partial charge in [0.05, 0.1) is 64.6 Å². The molecule has 14 aromatic carbocycles. The van der Waals surface area contributed by atoms with Crippen LogP contribution in [0.25, 0.3) is 211 Å². The van der Waals surface area contributed by atoms with Gasteiger partial charge >= 0.3 is 0 Å². The standard InChI is InChI=1S/2C45H26N4O2/c2*1-3-12-27(13-4-1)30-18-11-21-37-40(30)33-23-22-29(26-39(33)51-37)44-46-43(28-14-5-2-6-15-28)47-45(48-44)49-34-19-9-7-16-31(34)41-35(49)24-25-38-42(41)32-17-8-10-20-36(32)50-38/h2*1-26H/i7D,8D,9D,10D,11D,16D,17D,18D,19D,20D,21D,22D,23D,24D,25D,26D;2D,5D,6D,7D,8D,9D,10D,14D,15D,16D,17D,19D,20D,24D,25D. The van der Waals surface area contributed by atoms with Crippen LogP contribution in [0.1, 0.15) is 42.5 Å². The first-order valence-corrected chi connectivity index (χ1v) is 31.4. The Morgan fingerprint density at radius 2 is 0.706 bits per heavy atom. The molecular weight excluding hydrogens is 1260 g/mol. The van der Waals surface area contributed by atoms with Gasteiger partial charge in [0.15, 0.2) is 23.3 Å². The summed E-state index contributed by atoms with van der Waals surface area (Å²) >= 11 is 0. The molecule has 22 aromatic rings. The van der Waals surface area contributed by atoms with E-state index in [4.69, 9.17) is 60.0 Å². The van der Waals surface area contributed by atoms with E-state index in [2.05, 4.69) is 15.0 Å². The molecule has 0 atom stereocenters. The van der Waals surface area contributed by atoms with Crippen LogP contribution in [0.5, 0.6) is 0 Å². The zero-order chi connectivity index (χ0) is 93.9. The molecule has 0 radical (unpaired) electrons. The van der Waals surface area contributed by atoms with Gasteiger partial charge in [-0.25, -0.2) is 9.97 Å². The second-order valence-electron chi connectivity index (χ2n) is 23.3. The van der Waals surface area contributed by atoms with Crippen molar-refractivity contribution in [2.45, 2.75) is 0 Å². The van der Waals surface area contributed by atoms with E-state index in [0.29, 0.717) is 22.3 Å². The predicted octanol–water partition coefficient (Wildman–Crippen LogP) is 23.5. The van der Waals surface area contributed by atoms with Crippen molar-refractivity contribution in [1.82, 2.24) is 39.0 Å². The molecular formula is C90H52N8O4. The molecule has 0 N–H and O–H groups in total. The van der Waals surface area contributed by atoms with E-state index in [-0.39, 0.29) is 144 Å². The highest BCUT2D eigenvalue weighted by Crippen LogP contribution is 2.45. The molecule has 22 rings (SSSR count). The van der Waals surface area contributed by atoms with Gasteiger partial charge in [0.2, 0.25) is 11.9 Å². The first-order chi connectivity index (χ1) is 63.5. The maximum absolute atomic E-state index is 9.59. The largest absolute Gasteiger partial charge is 0.456 e. The highest BCUT2D eigenvalue weighted by atomic mass is 16.3. The SMILES string of the molecule is [2H]c1c([2H])c(-c2ccccc2)c2c(oc3c([2H])c(-c4nc(-c5ccccc5)nc(-n5c6c([2H])c([2H])c([2H])c([2H])c6c6c7c(oc8c([2H])c([2H])c([2H])c([2H])c87)c([2H])c([2H])c65)n4)c([2H])c([2H])c32)c1[2H].[2H]c1c([2H])c([2H])c(-c2nc(-c3ccc4c(c3)oc3cccc(-c5ccccc5)c34)nc(-n3c4c([2H])c([2H])c([2H])c([2H])c4c4c5c(oc6c([2H])c([2H])c([2H])c([2H])c65)c([2H])c([2H])c43)n2)c([2H])c1[2H]. The second kappa shape index (κ2) is 22.7. The maximum Gasteiger partial charge on any atom is 0.238 e. The molecule has 12 nitrogen and oxygen atoms in total. The van der Waals surface area contributed by atoms with E-state index in [9.17, 15) is 15.1 Å². The van der Waals surface area contributed by atoms with Gasteiger partial charge in [-0.1, -0.05) is 230 Å². The fourth-order valence-corrected chi connectivity index (χ4v) is 13.2. The van der Waals surface area contributed by atoms with Gasteiger partial charge < -0.3 is 17.7 Å². The summed E-state index contributed by atoms with van der Waals surface area (Å²) in [6.07, 6.45) is 0. The van der Waals surface area contributed by atoms with E-state index in [1.54, 1.807) is 78.9 Å². The molecule has 0 saturated heterocycles. The normalized spacial score (nSPS) is 16.2. The van der Waals surface area contributed by atoms with Gasteiger partial charge in [0.1, 0.15) is 44.7 Å². The maximum atomic E-state index is 9.59. The lowest BCUT2D eigenvalue weighted by Gasteiger charge is -2.11. The molecule has 0 aliphatic rings. The van der Waals surface area contributed by atoms with Gasteiger partial charge in [-0.2, -0.15) is 19.9 Å². The summed E-state index contributed by atoms with van der Waals surface area (Å²) in [5, 5.41) is 0.205. The third-order valence-corrected chi connectivity index (χ3v) is 17.6. The lowest BCUT2D eigenvalue weighted by molar-refractivity contribution is 0.668. The Hall–Kier alpha value is -14.1. The van der Waals surface area contributed by atoms with Crippen LogP contribution < -0.4 is 0 Å². The molecule has 8 aromatic heterocycles. The van der Waals surface area contributed by atoms with Crippen LogP contribution in [-0.4, -0.2) is 39.0 Å². The Bertz CT molecular complexity index is 9090. The molecule has 8 heterocycles. The second-order valence-corrected chi connectivity index (χ2v) is 23.3. The minimum absolute atomic E-state index is 0.0679. The average molecular weight is 1340 g/mol. The topological polar surface area (TPSA) is 140 Å². The molecule has 12 heteroatoms. The summed E-state index contributed by atoms with van der Waals surface area (Å²) in [5.41, 5.74) is 0.351. The summed E-state index contributed by atoms with van der Waals surface area (Å²) in [5.74, 6) is -1.96. The van der Waals surface area contributed by atoms with Crippen LogP contribution in [0.15, 0.2) is 332 Å². The summed E-state index contributed by atoms with van der Waals surface area (Å²) in [6.45, 7) is 0. The number of furan rings is 4. The minimum atomic E-state index is -0.699. The molecule has 0 aliphatic heterocycles. The van der Waals surface area contributed by atoms with Crippen molar-refractivity contribution >= 4 is 131 Å². The van der Waals surface area contributed by atoms with E-state index in [1.807, 2.05) is 48.5 Å². The van der Waals surface area contributed by atoms with Gasteiger partial charge in [-0.15, -0.1) is 0 Å². The van der Waals surface area contributed by atoms with Crippen molar-refractivity contribution in [2.75, 3.05) is 0 Å². The molecule has 0 amide bonds. The number of rotatable bonds is 8.